The third-order valence-corrected chi connectivity index (χ3v) is 2.29. The third-order valence-electron chi connectivity index (χ3n) is 2.29. The Hall–Kier alpha value is -1.97. The van der Waals surface area contributed by atoms with Gasteiger partial charge in [-0.05, 0) is 37.1 Å². The summed E-state index contributed by atoms with van der Waals surface area (Å²) in [6.45, 7) is 8.68. The fourth-order valence-electron chi connectivity index (χ4n) is 1.34. The predicted molar refractivity (Wildman–Crippen MR) is 73.8 cm³/mol. The predicted octanol–water partition coefficient (Wildman–Crippen LogP) is 2.36. The molecule has 0 fully saturated rings. The molecule has 0 spiro atoms. The van der Waals surface area contributed by atoms with Crippen LogP contribution in [-0.4, -0.2) is 19.1 Å². The molecule has 18 heavy (non-hydrogen) atoms. The molecule has 0 aliphatic carbocycles. The van der Waals surface area contributed by atoms with Gasteiger partial charge in [-0.3, -0.25) is 4.79 Å². The molecular weight excluding hydrogens is 228 g/mol. The Bertz CT molecular complexity index is 441. The maximum absolute atomic E-state index is 11.8. The highest BCUT2D eigenvalue weighted by Gasteiger charge is 2.08. The molecule has 0 unspecified atom stereocenters. The van der Waals surface area contributed by atoms with Crippen molar-refractivity contribution in [2.75, 3.05) is 18.9 Å². The Labute approximate surface area is 108 Å². The molecule has 3 N–H and O–H groups in total. The van der Waals surface area contributed by atoms with E-state index in [9.17, 15) is 4.79 Å². The van der Waals surface area contributed by atoms with Crippen molar-refractivity contribution in [3.63, 3.8) is 0 Å². The molecule has 0 saturated heterocycles. The van der Waals surface area contributed by atoms with Crippen LogP contribution in [-0.2, 0) is 0 Å². The zero-order valence-corrected chi connectivity index (χ0v) is 11.0. The van der Waals surface area contributed by atoms with E-state index in [2.05, 4.69) is 11.9 Å². The van der Waals surface area contributed by atoms with Crippen molar-refractivity contribution in [3.8, 4) is 5.75 Å². The van der Waals surface area contributed by atoms with Gasteiger partial charge in [0, 0.05) is 12.1 Å². The molecule has 0 radical (unpaired) electrons. The largest absolute Gasteiger partial charge is 0.487 e. The van der Waals surface area contributed by atoms with Gasteiger partial charge in [-0.2, -0.15) is 0 Å². The van der Waals surface area contributed by atoms with E-state index in [-0.39, 0.29) is 5.91 Å². The second-order valence-electron chi connectivity index (χ2n) is 4.25. The first-order valence-electron chi connectivity index (χ1n) is 5.99. The quantitative estimate of drug-likeness (QED) is 0.600. The fourth-order valence-corrected chi connectivity index (χ4v) is 1.34. The summed E-state index contributed by atoms with van der Waals surface area (Å²) < 4.78 is 5.49. The summed E-state index contributed by atoms with van der Waals surface area (Å²) in [5.41, 5.74) is 7.76. The summed E-state index contributed by atoms with van der Waals surface area (Å²) in [6, 6.07) is 5.02. The molecule has 1 rings (SSSR count). The zero-order valence-electron chi connectivity index (χ0n) is 11.0. The summed E-state index contributed by atoms with van der Waals surface area (Å²) in [7, 11) is 0. The van der Waals surface area contributed by atoms with E-state index in [1.165, 1.54) is 0 Å². The van der Waals surface area contributed by atoms with Gasteiger partial charge in [0.15, 0.2) is 0 Å². The molecular formula is C14H20N2O2. The van der Waals surface area contributed by atoms with E-state index in [1.807, 2.05) is 13.8 Å². The van der Waals surface area contributed by atoms with Crippen LogP contribution >= 0.6 is 0 Å². The van der Waals surface area contributed by atoms with Gasteiger partial charge in [-0.1, -0.05) is 13.5 Å². The Morgan fingerprint density at radius 2 is 2.22 bits per heavy atom. The van der Waals surface area contributed by atoms with Gasteiger partial charge < -0.3 is 15.8 Å². The maximum Gasteiger partial charge on any atom is 0.251 e. The molecule has 1 amide bonds. The van der Waals surface area contributed by atoms with Crippen LogP contribution < -0.4 is 15.8 Å². The van der Waals surface area contributed by atoms with Gasteiger partial charge in [0.05, 0.1) is 5.69 Å². The van der Waals surface area contributed by atoms with Crippen molar-refractivity contribution in [3.05, 3.63) is 35.9 Å². The monoisotopic (exact) mass is 248 g/mol. The normalized spacial score (nSPS) is 9.89. The van der Waals surface area contributed by atoms with Gasteiger partial charge >= 0.3 is 0 Å². The SMILES string of the molecule is C=C(C)COc1cc(C(=O)NCCC)ccc1N. The lowest BCUT2D eigenvalue weighted by atomic mass is 10.1. The number of benzene rings is 1. The second kappa shape index (κ2) is 6.69. The Kier molecular flexibility index (Phi) is 5.24. The van der Waals surface area contributed by atoms with E-state index in [0.29, 0.717) is 30.2 Å². The van der Waals surface area contributed by atoms with Crippen molar-refractivity contribution in [2.45, 2.75) is 20.3 Å². The highest BCUT2D eigenvalue weighted by Crippen LogP contribution is 2.23. The van der Waals surface area contributed by atoms with E-state index in [1.54, 1.807) is 18.2 Å². The molecule has 98 valence electrons. The first kappa shape index (κ1) is 14.1. The van der Waals surface area contributed by atoms with Crippen LogP contribution in [0, 0.1) is 0 Å². The number of hydrogen-bond donors (Lipinski definition) is 2. The average molecular weight is 248 g/mol. The minimum absolute atomic E-state index is 0.114. The summed E-state index contributed by atoms with van der Waals surface area (Å²) in [4.78, 5) is 11.8. The number of anilines is 1. The first-order valence-corrected chi connectivity index (χ1v) is 5.99. The lowest BCUT2D eigenvalue weighted by Gasteiger charge is -2.10. The summed E-state index contributed by atoms with van der Waals surface area (Å²) in [5, 5.41) is 2.81. The van der Waals surface area contributed by atoms with E-state index < -0.39 is 0 Å². The average Bonchev–Trinajstić information content (AvgIpc) is 2.34. The Balaban J connectivity index is 2.79. The molecule has 0 aromatic heterocycles. The van der Waals surface area contributed by atoms with E-state index in [0.717, 1.165) is 12.0 Å². The van der Waals surface area contributed by atoms with Crippen LogP contribution in [0.25, 0.3) is 0 Å². The number of nitrogens with one attached hydrogen (secondary N) is 1. The van der Waals surface area contributed by atoms with Gasteiger partial charge in [0.1, 0.15) is 12.4 Å². The molecule has 0 aliphatic rings. The first-order chi connectivity index (χ1) is 8.54. The lowest BCUT2D eigenvalue weighted by molar-refractivity contribution is 0.0953. The van der Waals surface area contributed by atoms with Crippen molar-refractivity contribution in [2.24, 2.45) is 0 Å². The van der Waals surface area contributed by atoms with Crippen LogP contribution in [0.2, 0.25) is 0 Å². The number of amides is 1. The standard InChI is InChI=1S/C14H20N2O2/c1-4-7-16-14(17)11-5-6-12(15)13(8-11)18-9-10(2)3/h5-6,8H,2,4,7,9,15H2,1,3H3,(H,16,17). The van der Waals surface area contributed by atoms with Gasteiger partial charge in [0.25, 0.3) is 5.91 Å². The van der Waals surface area contributed by atoms with Gasteiger partial charge in [-0.15, -0.1) is 0 Å². The number of carbonyl (C=O) groups is 1. The molecule has 0 atom stereocenters. The molecule has 1 aromatic rings. The van der Waals surface area contributed by atoms with Gasteiger partial charge in [-0.25, -0.2) is 0 Å². The van der Waals surface area contributed by atoms with Crippen molar-refractivity contribution >= 4 is 11.6 Å². The van der Waals surface area contributed by atoms with Gasteiger partial charge in [0.2, 0.25) is 0 Å². The lowest BCUT2D eigenvalue weighted by Crippen LogP contribution is -2.24. The number of nitrogens with two attached hydrogens (primary N) is 1. The number of carbonyl (C=O) groups excluding carboxylic acids is 1. The third kappa shape index (κ3) is 4.13. The summed E-state index contributed by atoms with van der Waals surface area (Å²) >= 11 is 0. The van der Waals surface area contributed by atoms with Crippen LogP contribution in [0.5, 0.6) is 5.75 Å². The summed E-state index contributed by atoms with van der Waals surface area (Å²) in [6.07, 6.45) is 0.903. The maximum atomic E-state index is 11.8. The minimum Gasteiger partial charge on any atom is -0.487 e. The smallest absolute Gasteiger partial charge is 0.251 e. The van der Waals surface area contributed by atoms with Crippen LogP contribution in [0.3, 0.4) is 0 Å². The zero-order chi connectivity index (χ0) is 13.5. The van der Waals surface area contributed by atoms with E-state index >= 15 is 0 Å². The molecule has 0 bridgehead atoms. The molecule has 0 aliphatic heterocycles. The molecule has 4 nitrogen and oxygen atoms in total. The number of rotatable bonds is 6. The molecule has 0 heterocycles. The Morgan fingerprint density at radius 3 is 2.83 bits per heavy atom. The van der Waals surface area contributed by atoms with Crippen LogP contribution in [0.15, 0.2) is 30.4 Å². The van der Waals surface area contributed by atoms with Crippen molar-refractivity contribution in [1.29, 1.82) is 0 Å². The number of hydrogen-bond acceptors (Lipinski definition) is 3. The van der Waals surface area contributed by atoms with E-state index in [4.69, 9.17) is 10.5 Å². The highest BCUT2D eigenvalue weighted by atomic mass is 16.5. The van der Waals surface area contributed by atoms with Crippen LogP contribution in [0.1, 0.15) is 30.6 Å². The molecule has 0 saturated carbocycles. The fraction of sp³-hybridized carbons (Fsp3) is 0.357. The number of ether oxygens (including phenoxy) is 1. The second-order valence-corrected chi connectivity index (χ2v) is 4.25. The van der Waals surface area contributed by atoms with Crippen LogP contribution in [0.4, 0.5) is 5.69 Å². The number of nitrogen functional groups attached to an aromatic ring is 1. The molecule has 4 heteroatoms. The minimum atomic E-state index is -0.114. The Morgan fingerprint density at radius 1 is 1.50 bits per heavy atom. The summed E-state index contributed by atoms with van der Waals surface area (Å²) in [5.74, 6) is 0.402. The topological polar surface area (TPSA) is 64.3 Å². The van der Waals surface area contributed by atoms with Crippen molar-refractivity contribution in [1.82, 2.24) is 5.32 Å². The molecule has 1 aromatic carbocycles. The highest BCUT2D eigenvalue weighted by molar-refractivity contribution is 5.95. The van der Waals surface area contributed by atoms with Crippen molar-refractivity contribution < 1.29 is 9.53 Å².